The minimum atomic E-state index is -0.482. The third-order valence-corrected chi connectivity index (χ3v) is 4.11. The molecule has 1 saturated heterocycles. The molecule has 0 spiro atoms. The van der Waals surface area contributed by atoms with E-state index < -0.39 is 5.97 Å². The number of likely N-dealkylation sites (tertiary alicyclic amines) is 1. The lowest BCUT2D eigenvalue weighted by molar-refractivity contribution is -0.134. The second-order valence-electron chi connectivity index (χ2n) is 5.54. The van der Waals surface area contributed by atoms with Crippen LogP contribution in [0, 0.1) is 5.92 Å². The van der Waals surface area contributed by atoms with E-state index in [0.29, 0.717) is 43.6 Å². The standard InChI is InChI=1S/C17H22N2O4/c1-3-15(20)19-10-8-12(9-11-19)16(21)18-14-7-5-4-6-13(14)17(22)23-2/h4-7,12H,3,8-11H2,1-2H3,(H,18,21). The molecule has 1 aromatic rings. The van der Waals surface area contributed by atoms with Crippen LogP contribution in [0.15, 0.2) is 24.3 Å². The average molecular weight is 318 g/mol. The van der Waals surface area contributed by atoms with Crippen LogP contribution in [0.25, 0.3) is 0 Å². The minimum Gasteiger partial charge on any atom is -0.465 e. The highest BCUT2D eigenvalue weighted by Gasteiger charge is 2.27. The van der Waals surface area contributed by atoms with Crippen LogP contribution in [0.3, 0.4) is 0 Å². The molecule has 0 radical (unpaired) electrons. The molecular weight excluding hydrogens is 296 g/mol. The molecule has 0 bridgehead atoms. The molecule has 23 heavy (non-hydrogen) atoms. The van der Waals surface area contributed by atoms with Crippen LogP contribution in [0.4, 0.5) is 5.69 Å². The van der Waals surface area contributed by atoms with Crippen molar-refractivity contribution in [1.82, 2.24) is 4.90 Å². The number of hydrogen-bond donors (Lipinski definition) is 1. The molecule has 1 heterocycles. The lowest BCUT2D eigenvalue weighted by Crippen LogP contribution is -2.41. The third-order valence-electron chi connectivity index (χ3n) is 4.11. The summed E-state index contributed by atoms with van der Waals surface area (Å²) in [5, 5.41) is 2.81. The van der Waals surface area contributed by atoms with E-state index in [1.807, 2.05) is 6.92 Å². The summed E-state index contributed by atoms with van der Waals surface area (Å²) in [6.07, 6.45) is 1.76. The number of amides is 2. The van der Waals surface area contributed by atoms with Crippen molar-refractivity contribution < 1.29 is 19.1 Å². The Kier molecular flexibility index (Phi) is 5.73. The number of para-hydroxylation sites is 1. The van der Waals surface area contributed by atoms with Crippen LogP contribution >= 0.6 is 0 Å². The molecule has 0 aromatic heterocycles. The van der Waals surface area contributed by atoms with Gasteiger partial charge in [0.2, 0.25) is 11.8 Å². The van der Waals surface area contributed by atoms with Gasteiger partial charge in [-0.1, -0.05) is 19.1 Å². The molecule has 0 saturated carbocycles. The number of hydrogen-bond acceptors (Lipinski definition) is 4. The van der Waals surface area contributed by atoms with Gasteiger partial charge in [0.25, 0.3) is 0 Å². The summed E-state index contributed by atoms with van der Waals surface area (Å²) >= 11 is 0. The minimum absolute atomic E-state index is 0.120. The predicted molar refractivity (Wildman–Crippen MR) is 86.0 cm³/mol. The molecule has 0 atom stereocenters. The molecule has 6 nitrogen and oxygen atoms in total. The van der Waals surface area contributed by atoms with Crippen LogP contribution in [0.1, 0.15) is 36.5 Å². The number of ether oxygens (including phenoxy) is 1. The lowest BCUT2D eigenvalue weighted by atomic mass is 9.95. The van der Waals surface area contributed by atoms with E-state index in [0.717, 1.165) is 0 Å². The zero-order chi connectivity index (χ0) is 16.8. The second-order valence-corrected chi connectivity index (χ2v) is 5.54. The zero-order valence-electron chi connectivity index (χ0n) is 13.5. The van der Waals surface area contributed by atoms with E-state index in [9.17, 15) is 14.4 Å². The molecular formula is C17H22N2O4. The van der Waals surface area contributed by atoms with Crippen molar-refractivity contribution in [2.75, 3.05) is 25.5 Å². The fraction of sp³-hybridized carbons (Fsp3) is 0.471. The van der Waals surface area contributed by atoms with E-state index in [2.05, 4.69) is 5.32 Å². The number of carbonyl (C=O) groups is 3. The molecule has 1 aliphatic rings. The summed E-state index contributed by atoms with van der Waals surface area (Å²) in [5.41, 5.74) is 0.790. The summed E-state index contributed by atoms with van der Waals surface area (Å²) in [6, 6.07) is 6.77. The Morgan fingerprint density at radius 1 is 1.22 bits per heavy atom. The van der Waals surface area contributed by atoms with Crippen molar-refractivity contribution >= 4 is 23.5 Å². The van der Waals surface area contributed by atoms with Crippen LogP contribution in [0.5, 0.6) is 0 Å². The largest absolute Gasteiger partial charge is 0.465 e. The van der Waals surface area contributed by atoms with Crippen molar-refractivity contribution in [3.05, 3.63) is 29.8 Å². The summed E-state index contributed by atoms with van der Waals surface area (Å²) in [5.74, 6) is -0.629. The third kappa shape index (κ3) is 4.09. The van der Waals surface area contributed by atoms with Gasteiger partial charge in [0, 0.05) is 25.4 Å². The number of piperidine rings is 1. The van der Waals surface area contributed by atoms with E-state index in [4.69, 9.17) is 4.74 Å². The fourth-order valence-corrected chi connectivity index (χ4v) is 2.73. The highest BCUT2D eigenvalue weighted by Crippen LogP contribution is 2.22. The first-order chi connectivity index (χ1) is 11.1. The number of nitrogens with one attached hydrogen (secondary N) is 1. The number of nitrogens with zero attached hydrogens (tertiary/aromatic N) is 1. The highest BCUT2D eigenvalue weighted by atomic mass is 16.5. The summed E-state index contributed by atoms with van der Waals surface area (Å²) in [4.78, 5) is 37.6. The Bertz CT molecular complexity index is 592. The maximum Gasteiger partial charge on any atom is 0.339 e. The van der Waals surface area contributed by atoms with Gasteiger partial charge in [0.15, 0.2) is 0 Å². The highest BCUT2D eigenvalue weighted by molar-refractivity contribution is 6.01. The second kappa shape index (κ2) is 7.76. The lowest BCUT2D eigenvalue weighted by Gasteiger charge is -2.31. The van der Waals surface area contributed by atoms with Gasteiger partial charge in [-0.3, -0.25) is 9.59 Å². The maximum atomic E-state index is 12.4. The van der Waals surface area contributed by atoms with E-state index in [1.54, 1.807) is 29.2 Å². The number of carbonyl (C=O) groups excluding carboxylic acids is 3. The van der Waals surface area contributed by atoms with Crippen molar-refractivity contribution in [1.29, 1.82) is 0 Å². The van der Waals surface area contributed by atoms with Gasteiger partial charge in [0.1, 0.15) is 0 Å². The number of benzene rings is 1. The van der Waals surface area contributed by atoms with Crippen LogP contribution in [0.2, 0.25) is 0 Å². The number of methoxy groups -OCH3 is 1. The molecule has 6 heteroatoms. The van der Waals surface area contributed by atoms with Gasteiger partial charge in [0.05, 0.1) is 18.4 Å². The van der Waals surface area contributed by atoms with Crippen molar-refractivity contribution in [2.45, 2.75) is 26.2 Å². The summed E-state index contributed by atoms with van der Waals surface area (Å²) in [6.45, 7) is 3.04. The summed E-state index contributed by atoms with van der Waals surface area (Å²) < 4.78 is 4.72. The molecule has 1 aliphatic heterocycles. The number of anilines is 1. The Morgan fingerprint density at radius 2 is 1.87 bits per heavy atom. The van der Waals surface area contributed by atoms with Gasteiger partial charge >= 0.3 is 5.97 Å². The molecule has 2 amide bonds. The molecule has 2 rings (SSSR count). The molecule has 124 valence electrons. The van der Waals surface area contributed by atoms with Crippen molar-refractivity contribution in [3.63, 3.8) is 0 Å². The topological polar surface area (TPSA) is 75.7 Å². The summed E-state index contributed by atoms with van der Waals surface area (Å²) in [7, 11) is 1.31. The molecule has 0 aliphatic carbocycles. The molecule has 1 aromatic carbocycles. The zero-order valence-corrected chi connectivity index (χ0v) is 13.5. The fourth-order valence-electron chi connectivity index (χ4n) is 2.73. The molecule has 0 unspecified atom stereocenters. The Labute approximate surface area is 135 Å². The quantitative estimate of drug-likeness (QED) is 0.862. The maximum absolute atomic E-state index is 12.4. The van der Waals surface area contributed by atoms with Gasteiger partial charge in [-0.2, -0.15) is 0 Å². The Morgan fingerprint density at radius 3 is 2.48 bits per heavy atom. The van der Waals surface area contributed by atoms with Crippen LogP contribution in [-0.4, -0.2) is 42.9 Å². The van der Waals surface area contributed by atoms with Crippen molar-refractivity contribution in [2.24, 2.45) is 5.92 Å². The first-order valence-electron chi connectivity index (χ1n) is 7.82. The first-order valence-corrected chi connectivity index (χ1v) is 7.82. The van der Waals surface area contributed by atoms with E-state index >= 15 is 0 Å². The smallest absolute Gasteiger partial charge is 0.339 e. The Balaban J connectivity index is 1.99. The van der Waals surface area contributed by atoms with E-state index in [1.165, 1.54) is 7.11 Å². The van der Waals surface area contributed by atoms with Crippen LogP contribution in [-0.2, 0) is 14.3 Å². The molecule has 1 N–H and O–H groups in total. The number of esters is 1. The van der Waals surface area contributed by atoms with Crippen molar-refractivity contribution in [3.8, 4) is 0 Å². The number of rotatable bonds is 4. The normalized spacial score (nSPS) is 15.1. The first kappa shape index (κ1) is 17.0. The van der Waals surface area contributed by atoms with Gasteiger partial charge in [-0.15, -0.1) is 0 Å². The monoisotopic (exact) mass is 318 g/mol. The SMILES string of the molecule is CCC(=O)N1CCC(C(=O)Nc2ccccc2C(=O)OC)CC1. The van der Waals surface area contributed by atoms with Gasteiger partial charge in [-0.25, -0.2) is 4.79 Å². The van der Waals surface area contributed by atoms with Gasteiger partial charge < -0.3 is 15.0 Å². The Hall–Kier alpha value is -2.37. The van der Waals surface area contributed by atoms with E-state index in [-0.39, 0.29) is 17.7 Å². The predicted octanol–water partition coefficient (Wildman–Crippen LogP) is 2.06. The van der Waals surface area contributed by atoms with Gasteiger partial charge in [-0.05, 0) is 25.0 Å². The molecule has 1 fully saturated rings. The van der Waals surface area contributed by atoms with Crippen LogP contribution < -0.4 is 5.32 Å². The average Bonchev–Trinajstić information content (AvgIpc) is 2.61.